The first-order valence-electron chi connectivity index (χ1n) is 20.1. The molecule has 0 aromatic carbocycles. The van der Waals surface area contributed by atoms with Gasteiger partial charge in [-0.25, -0.2) is 9.97 Å². The highest BCUT2D eigenvalue weighted by Crippen LogP contribution is 2.28. The minimum atomic E-state index is -1.34. The van der Waals surface area contributed by atoms with Crippen LogP contribution in [-0.2, 0) is 42.9 Å². The standard InChI is InChI=1S/C43H60N4O13/c1-26-13-9-10-17-38-44-32(24-58-38)43-45-31(23-59-43)41(53)46-42(54)40(57-8)29(4)33(50)15-11-14-30(49)21-39(52)60-37(26)22-36(56-7)27(2)18-19-34(51)28(3)35(55-6)16-12-20-47(5)25-48/h10-12,15,17,20,23-30,35-37,40,49H,9,13-14,16,18-19,21-22H2,1-8H3,(H,46,53,54)/b15-11+,17-10-,20-12+. The van der Waals surface area contributed by atoms with E-state index in [1.165, 1.54) is 37.3 Å². The van der Waals surface area contributed by atoms with Gasteiger partial charge in [-0.2, -0.15) is 0 Å². The molecule has 17 heteroatoms. The lowest BCUT2D eigenvalue weighted by atomic mass is 9.86. The number of hydrogen-bond acceptors (Lipinski definition) is 15. The Kier molecular flexibility index (Phi) is 20.4. The molecule has 2 aromatic heterocycles. The number of fused-ring (bicyclic) bond motifs is 5. The van der Waals surface area contributed by atoms with Crippen molar-refractivity contribution in [2.45, 2.75) is 110 Å². The summed E-state index contributed by atoms with van der Waals surface area (Å²) in [7, 11) is 5.97. The van der Waals surface area contributed by atoms with E-state index in [1.54, 1.807) is 39.6 Å². The number of oxazole rings is 2. The zero-order valence-corrected chi connectivity index (χ0v) is 35.7. The lowest BCUT2D eigenvalue weighted by molar-refractivity contribution is -0.156. The molecule has 4 bridgehead atoms. The highest BCUT2D eigenvalue weighted by atomic mass is 16.5. The van der Waals surface area contributed by atoms with Gasteiger partial charge in [0.15, 0.2) is 17.2 Å². The van der Waals surface area contributed by atoms with Crippen LogP contribution in [0.15, 0.2) is 51.9 Å². The van der Waals surface area contributed by atoms with Crippen molar-refractivity contribution in [2.24, 2.45) is 23.7 Å². The van der Waals surface area contributed by atoms with Crippen molar-refractivity contribution in [3.63, 3.8) is 0 Å². The highest BCUT2D eigenvalue weighted by molar-refractivity contribution is 6.06. The Labute approximate surface area is 350 Å². The summed E-state index contributed by atoms with van der Waals surface area (Å²) in [4.78, 5) is 86.0. The number of ether oxygens (including phenoxy) is 4. The second-order valence-corrected chi connectivity index (χ2v) is 15.2. The van der Waals surface area contributed by atoms with Crippen molar-refractivity contribution in [3.05, 3.63) is 54.6 Å². The van der Waals surface area contributed by atoms with Crippen molar-refractivity contribution in [2.75, 3.05) is 28.4 Å². The first kappa shape index (κ1) is 49.3. The van der Waals surface area contributed by atoms with E-state index in [1.807, 2.05) is 26.8 Å². The third-order valence-corrected chi connectivity index (χ3v) is 10.7. The number of carbonyl (C=O) groups excluding carboxylic acids is 6. The summed E-state index contributed by atoms with van der Waals surface area (Å²) in [5, 5.41) is 12.9. The molecule has 1 aliphatic heterocycles. The van der Waals surface area contributed by atoms with Gasteiger partial charge in [-0.1, -0.05) is 45.9 Å². The maximum Gasteiger partial charge on any atom is 0.308 e. The Morgan fingerprint density at radius 3 is 2.42 bits per heavy atom. The van der Waals surface area contributed by atoms with Gasteiger partial charge in [0.1, 0.15) is 30.5 Å². The van der Waals surface area contributed by atoms with Crippen molar-refractivity contribution >= 4 is 41.8 Å². The number of Topliss-reactive ketones (excluding diaryl/α,β-unsaturated/α-hetero) is 1. The lowest BCUT2D eigenvalue weighted by Gasteiger charge is -2.31. The largest absolute Gasteiger partial charge is 0.462 e. The van der Waals surface area contributed by atoms with E-state index in [-0.39, 0.29) is 78.2 Å². The van der Waals surface area contributed by atoms with Gasteiger partial charge < -0.3 is 37.8 Å². The minimum absolute atomic E-state index is 0.0213. The zero-order chi connectivity index (χ0) is 44.4. The van der Waals surface area contributed by atoms with Crippen LogP contribution in [0.2, 0.25) is 0 Å². The Bertz CT molecular complexity index is 1820. The monoisotopic (exact) mass is 840 g/mol. The molecule has 17 nitrogen and oxygen atoms in total. The average Bonchev–Trinajstić information content (AvgIpc) is 3.91. The van der Waals surface area contributed by atoms with E-state index in [2.05, 4.69) is 15.3 Å². The van der Waals surface area contributed by atoms with Gasteiger partial charge in [0.25, 0.3) is 11.8 Å². The number of allylic oxidation sites excluding steroid dienone is 2. The predicted octanol–water partition coefficient (Wildman–Crippen LogP) is 4.89. The van der Waals surface area contributed by atoms with Crippen molar-refractivity contribution < 1.29 is 61.7 Å². The van der Waals surface area contributed by atoms with E-state index in [4.69, 9.17) is 27.8 Å². The second-order valence-electron chi connectivity index (χ2n) is 15.2. The molecule has 1 aliphatic rings. The molecule has 0 saturated heterocycles. The number of cyclic esters (lactones) is 1. The number of aliphatic hydroxyl groups excluding tert-OH is 1. The number of methoxy groups -OCH3 is 3. The molecule has 0 fully saturated rings. The number of hydrogen-bond donors (Lipinski definition) is 2. The van der Waals surface area contributed by atoms with Crippen LogP contribution in [-0.4, -0.2) is 115 Å². The fourth-order valence-corrected chi connectivity index (χ4v) is 6.69. The number of rotatable bonds is 15. The van der Waals surface area contributed by atoms with E-state index in [0.29, 0.717) is 38.5 Å². The molecular formula is C43H60N4O13. The van der Waals surface area contributed by atoms with E-state index >= 15 is 0 Å². The van der Waals surface area contributed by atoms with Crippen LogP contribution in [0.5, 0.6) is 0 Å². The predicted molar refractivity (Wildman–Crippen MR) is 217 cm³/mol. The van der Waals surface area contributed by atoms with Crippen molar-refractivity contribution in [1.29, 1.82) is 0 Å². The Morgan fingerprint density at radius 2 is 1.73 bits per heavy atom. The lowest BCUT2D eigenvalue weighted by Crippen LogP contribution is -2.44. The van der Waals surface area contributed by atoms with Gasteiger partial charge in [-0.15, -0.1) is 0 Å². The molecule has 3 rings (SSSR count). The summed E-state index contributed by atoms with van der Waals surface area (Å²) >= 11 is 0. The quantitative estimate of drug-likeness (QED) is 0.138. The molecule has 330 valence electrons. The Hall–Kier alpha value is -5.10. The molecule has 0 aliphatic carbocycles. The van der Waals surface area contributed by atoms with Gasteiger partial charge in [-0.05, 0) is 56.1 Å². The van der Waals surface area contributed by atoms with Gasteiger partial charge in [-0.3, -0.25) is 34.1 Å². The van der Waals surface area contributed by atoms with Crippen LogP contribution in [0.3, 0.4) is 0 Å². The van der Waals surface area contributed by atoms with Gasteiger partial charge in [0.05, 0.1) is 30.7 Å². The fraction of sp³-hybridized carbons (Fsp3) is 0.581. The van der Waals surface area contributed by atoms with Crippen LogP contribution in [0.25, 0.3) is 17.7 Å². The minimum Gasteiger partial charge on any atom is -0.462 e. The highest BCUT2D eigenvalue weighted by Gasteiger charge is 2.32. The van der Waals surface area contributed by atoms with Crippen LogP contribution in [0.1, 0.15) is 95.4 Å². The Morgan fingerprint density at radius 1 is 1.02 bits per heavy atom. The van der Waals surface area contributed by atoms with Gasteiger partial charge in [0, 0.05) is 53.3 Å². The van der Waals surface area contributed by atoms with Crippen molar-refractivity contribution in [1.82, 2.24) is 20.2 Å². The molecule has 0 radical (unpaired) electrons. The topological polar surface area (TPSA) is 227 Å². The summed E-state index contributed by atoms with van der Waals surface area (Å²) in [6.07, 6.45) is 11.0. The zero-order valence-electron chi connectivity index (χ0n) is 35.7. The number of aliphatic hydroxyl groups is 1. The maximum absolute atomic E-state index is 13.3. The second kappa shape index (κ2) is 24.9. The smallest absolute Gasteiger partial charge is 0.308 e. The van der Waals surface area contributed by atoms with Gasteiger partial charge in [0.2, 0.25) is 18.2 Å². The van der Waals surface area contributed by atoms with Gasteiger partial charge >= 0.3 is 5.97 Å². The molecule has 9 unspecified atom stereocenters. The van der Waals surface area contributed by atoms with Crippen LogP contribution in [0.4, 0.5) is 0 Å². The normalized spacial score (nSPS) is 24.6. The third-order valence-electron chi connectivity index (χ3n) is 10.7. The van der Waals surface area contributed by atoms with E-state index < -0.39 is 47.8 Å². The summed E-state index contributed by atoms with van der Waals surface area (Å²) in [5.41, 5.74) is 0.000850. The number of imide groups is 1. The fourth-order valence-electron chi connectivity index (χ4n) is 6.69. The maximum atomic E-state index is 13.3. The van der Waals surface area contributed by atoms with Crippen LogP contribution in [0, 0.1) is 23.7 Å². The molecular weight excluding hydrogens is 780 g/mol. The molecule has 0 spiro atoms. The Balaban J connectivity index is 1.78. The molecule has 0 saturated carbocycles. The number of aromatic nitrogens is 2. The van der Waals surface area contributed by atoms with Crippen LogP contribution < -0.4 is 5.32 Å². The first-order chi connectivity index (χ1) is 28.6. The first-order valence-corrected chi connectivity index (χ1v) is 20.1. The summed E-state index contributed by atoms with van der Waals surface area (Å²) in [6, 6.07) is 0. The molecule has 2 aromatic rings. The third kappa shape index (κ3) is 15.2. The number of ketones is 2. The molecule has 3 amide bonds. The summed E-state index contributed by atoms with van der Waals surface area (Å²) in [6.45, 7) is 7.22. The summed E-state index contributed by atoms with van der Waals surface area (Å²) < 4.78 is 33.7. The van der Waals surface area contributed by atoms with E-state index in [9.17, 15) is 33.9 Å². The number of nitrogens with zero attached hydrogens (tertiary/aromatic N) is 3. The number of esters is 1. The van der Waals surface area contributed by atoms with E-state index in [0.717, 1.165) is 6.26 Å². The molecule has 2 N–H and O–H groups in total. The van der Waals surface area contributed by atoms with Crippen molar-refractivity contribution in [3.8, 4) is 11.6 Å². The average molecular weight is 841 g/mol. The SMILES string of the molecule is COC(CC1OC(=O)CC(O)C/C=C/C(=O)C(C)C(OC)C(=O)NC(=O)c2coc(n2)-c2coc(n2)/C=C\CCC1C)C(C)CCC(=O)C(C)C(C/C=C/N(C)C=O)OC. The number of nitrogens with one attached hydrogen (secondary N) is 1. The summed E-state index contributed by atoms with van der Waals surface area (Å²) in [5.74, 6) is -4.31. The molecule has 60 heavy (non-hydrogen) atoms. The molecule has 9 atom stereocenters. The number of amides is 3. The van der Waals surface area contributed by atoms with Crippen LogP contribution >= 0.6 is 0 Å². The molecule has 3 heterocycles. The number of carbonyl (C=O) groups is 6.